The second kappa shape index (κ2) is 6.90. The Labute approximate surface area is 111 Å². The summed E-state index contributed by atoms with van der Waals surface area (Å²) >= 11 is 0. The summed E-state index contributed by atoms with van der Waals surface area (Å²) in [7, 11) is -3.21. The minimum absolute atomic E-state index is 0.364. The highest BCUT2D eigenvalue weighted by Gasteiger charge is 2.22. The van der Waals surface area contributed by atoms with Gasteiger partial charge in [0, 0.05) is 12.6 Å². The summed E-state index contributed by atoms with van der Waals surface area (Å²) in [4.78, 5) is 0.405. The summed E-state index contributed by atoms with van der Waals surface area (Å²) in [5, 5.41) is 2.88. The highest BCUT2D eigenvalue weighted by atomic mass is 32.2. The van der Waals surface area contributed by atoms with Gasteiger partial charge in [0.2, 0.25) is 0 Å². The average molecular weight is 269 g/mol. The zero-order valence-electron chi connectivity index (χ0n) is 11.4. The van der Waals surface area contributed by atoms with Crippen LogP contribution in [0.5, 0.6) is 0 Å². The zero-order valence-corrected chi connectivity index (χ0v) is 12.2. The molecule has 102 valence electrons. The van der Waals surface area contributed by atoms with Crippen LogP contribution in [0.15, 0.2) is 35.2 Å². The van der Waals surface area contributed by atoms with Crippen molar-refractivity contribution in [2.24, 2.45) is 0 Å². The van der Waals surface area contributed by atoms with Gasteiger partial charge in [0.05, 0.1) is 10.1 Å². The SMILES string of the molecule is CCCC(C)NCC(C)S(=O)(=O)c1ccccc1. The lowest BCUT2D eigenvalue weighted by atomic mass is 10.2. The van der Waals surface area contributed by atoms with Crippen LogP contribution >= 0.6 is 0 Å². The first-order valence-corrected chi connectivity index (χ1v) is 8.05. The fourth-order valence-electron chi connectivity index (χ4n) is 1.85. The summed E-state index contributed by atoms with van der Waals surface area (Å²) in [5.41, 5.74) is 0. The lowest BCUT2D eigenvalue weighted by Crippen LogP contribution is -2.36. The smallest absolute Gasteiger partial charge is 0.182 e. The molecule has 2 atom stereocenters. The maximum absolute atomic E-state index is 12.3. The minimum atomic E-state index is -3.21. The number of rotatable bonds is 7. The van der Waals surface area contributed by atoms with E-state index in [-0.39, 0.29) is 0 Å². The molecule has 2 unspecified atom stereocenters. The molecule has 4 heteroatoms. The number of hydrogen-bond acceptors (Lipinski definition) is 3. The van der Waals surface area contributed by atoms with Crippen LogP contribution in [-0.2, 0) is 9.84 Å². The van der Waals surface area contributed by atoms with E-state index in [1.165, 1.54) is 0 Å². The lowest BCUT2D eigenvalue weighted by Gasteiger charge is -2.17. The third-order valence-electron chi connectivity index (χ3n) is 3.08. The molecular formula is C14H23NO2S. The Kier molecular flexibility index (Phi) is 5.82. The predicted molar refractivity (Wildman–Crippen MR) is 75.5 cm³/mol. The van der Waals surface area contributed by atoms with Crippen LogP contribution in [0, 0.1) is 0 Å². The van der Waals surface area contributed by atoms with Gasteiger partial charge in [-0.3, -0.25) is 0 Å². The number of benzene rings is 1. The molecular weight excluding hydrogens is 246 g/mol. The molecule has 0 heterocycles. The molecule has 0 radical (unpaired) electrons. The minimum Gasteiger partial charge on any atom is -0.313 e. The van der Waals surface area contributed by atoms with Crippen molar-refractivity contribution in [2.45, 2.75) is 49.8 Å². The Bertz CT molecular complexity index is 442. The quantitative estimate of drug-likeness (QED) is 0.827. The van der Waals surface area contributed by atoms with Gasteiger partial charge in [0.1, 0.15) is 0 Å². The molecule has 0 fully saturated rings. The van der Waals surface area contributed by atoms with E-state index < -0.39 is 15.1 Å². The third kappa shape index (κ3) is 4.10. The normalized spacial score (nSPS) is 15.3. The van der Waals surface area contributed by atoms with E-state index >= 15 is 0 Å². The van der Waals surface area contributed by atoms with Crippen LogP contribution in [0.1, 0.15) is 33.6 Å². The van der Waals surface area contributed by atoms with Gasteiger partial charge in [-0.05, 0) is 32.4 Å². The molecule has 1 aromatic rings. The van der Waals surface area contributed by atoms with Gasteiger partial charge in [-0.1, -0.05) is 31.5 Å². The van der Waals surface area contributed by atoms with Gasteiger partial charge < -0.3 is 5.32 Å². The van der Waals surface area contributed by atoms with E-state index in [1.807, 2.05) is 6.07 Å². The van der Waals surface area contributed by atoms with Gasteiger partial charge >= 0.3 is 0 Å². The highest BCUT2D eigenvalue weighted by Crippen LogP contribution is 2.15. The Morgan fingerprint density at radius 1 is 1.17 bits per heavy atom. The molecule has 1 N–H and O–H groups in total. The zero-order chi connectivity index (χ0) is 13.6. The van der Waals surface area contributed by atoms with Crippen molar-refractivity contribution in [2.75, 3.05) is 6.54 Å². The number of nitrogens with one attached hydrogen (secondary N) is 1. The second-order valence-electron chi connectivity index (χ2n) is 4.77. The molecule has 0 aliphatic carbocycles. The standard InChI is InChI=1S/C14H23NO2S/c1-4-8-12(2)15-11-13(3)18(16,17)14-9-6-5-7-10-14/h5-7,9-10,12-13,15H,4,8,11H2,1-3H3. The second-order valence-corrected chi connectivity index (χ2v) is 7.13. The molecule has 0 spiro atoms. The molecule has 0 bridgehead atoms. The Morgan fingerprint density at radius 2 is 1.78 bits per heavy atom. The molecule has 0 aliphatic rings. The van der Waals surface area contributed by atoms with Gasteiger partial charge in [-0.2, -0.15) is 0 Å². The number of hydrogen-bond donors (Lipinski definition) is 1. The van der Waals surface area contributed by atoms with Crippen LogP contribution in [0.25, 0.3) is 0 Å². The fourth-order valence-corrected chi connectivity index (χ4v) is 3.17. The van der Waals surface area contributed by atoms with Crippen LogP contribution in [0.3, 0.4) is 0 Å². The van der Waals surface area contributed by atoms with E-state index in [1.54, 1.807) is 31.2 Å². The van der Waals surface area contributed by atoms with Crippen molar-refractivity contribution in [3.05, 3.63) is 30.3 Å². The maximum Gasteiger partial charge on any atom is 0.182 e. The summed E-state index contributed by atoms with van der Waals surface area (Å²) in [6, 6.07) is 9.01. The molecule has 0 saturated carbocycles. The van der Waals surface area contributed by atoms with Crippen molar-refractivity contribution in [3.8, 4) is 0 Å². The summed E-state index contributed by atoms with van der Waals surface area (Å²) < 4.78 is 24.5. The number of sulfone groups is 1. The molecule has 0 aromatic heterocycles. The predicted octanol–water partition coefficient (Wildman–Crippen LogP) is 2.63. The Hall–Kier alpha value is -0.870. The molecule has 0 amide bonds. The van der Waals surface area contributed by atoms with Crippen LogP contribution in [0.4, 0.5) is 0 Å². The van der Waals surface area contributed by atoms with E-state index in [0.29, 0.717) is 17.5 Å². The van der Waals surface area contributed by atoms with E-state index in [4.69, 9.17) is 0 Å². The third-order valence-corrected chi connectivity index (χ3v) is 5.23. The largest absolute Gasteiger partial charge is 0.313 e. The molecule has 1 aromatic carbocycles. The topological polar surface area (TPSA) is 46.2 Å². The Balaban J connectivity index is 2.64. The van der Waals surface area contributed by atoms with Gasteiger partial charge in [-0.25, -0.2) is 8.42 Å². The first-order chi connectivity index (χ1) is 8.48. The van der Waals surface area contributed by atoms with Crippen molar-refractivity contribution in [1.29, 1.82) is 0 Å². The monoisotopic (exact) mass is 269 g/mol. The maximum atomic E-state index is 12.3. The lowest BCUT2D eigenvalue weighted by molar-refractivity contribution is 0.501. The molecule has 1 rings (SSSR count). The fraction of sp³-hybridized carbons (Fsp3) is 0.571. The summed E-state index contributed by atoms with van der Waals surface area (Å²) in [5.74, 6) is 0. The first kappa shape index (κ1) is 15.2. The summed E-state index contributed by atoms with van der Waals surface area (Å²) in [6.45, 7) is 6.47. The van der Waals surface area contributed by atoms with Crippen LogP contribution in [0.2, 0.25) is 0 Å². The average Bonchev–Trinajstić information content (AvgIpc) is 2.37. The highest BCUT2D eigenvalue weighted by molar-refractivity contribution is 7.92. The van der Waals surface area contributed by atoms with Crippen molar-refractivity contribution in [1.82, 2.24) is 5.32 Å². The first-order valence-electron chi connectivity index (χ1n) is 6.50. The van der Waals surface area contributed by atoms with E-state index in [9.17, 15) is 8.42 Å². The van der Waals surface area contributed by atoms with Crippen LogP contribution in [-0.4, -0.2) is 26.3 Å². The van der Waals surface area contributed by atoms with E-state index in [0.717, 1.165) is 12.8 Å². The molecule has 18 heavy (non-hydrogen) atoms. The van der Waals surface area contributed by atoms with Crippen LogP contribution < -0.4 is 5.32 Å². The molecule has 3 nitrogen and oxygen atoms in total. The van der Waals surface area contributed by atoms with Gasteiger partial charge in [-0.15, -0.1) is 0 Å². The summed E-state index contributed by atoms with van der Waals surface area (Å²) in [6.07, 6.45) is 2.17. The molecule has 0 aliphatic heterocycles. The molecule has 0 saturated heterocycles. The van der Waals surface area contributed by atoms with Crippen molar-refractivity contribution < 1.29 is 8.42 Å². The van der Waals surface area contributed by atoms with Crippen molar-refractivity contribution in [3.63, 3.8) is 0 Å². The van der Waals surface area contributed by atoms with Crippen molar-refractivity contribution >= 4 is 9.84 Å². The van der Waals surface area contributed by atoms with Gasteiger partial charge in [0.15, 0.2) is 9.84 Å². The van der Waals surface area contributed by atoms with E-state index in [2.05, 4.69) is 19.2 Å². The van der Waals surface area contributed by atoms with Gasteiger partial charge in [0.25, 0.3) is 0 Å². The Morgan fingerprint density at radius 3 is 2.33 bits per heavy atom.